The molecule has 0 bridgehead atoms. The van der Waals surface area contributed by atoms with Gasteiger partial charge < -0.3 is 9.26 Å². The van der Waals surface area contributed by atoms with Crippen LogP contribution in [0.15, 0.2) is 0 Å². The predicted molar refractivity (Wildman–Crippen MR) is 73.8 cm³/mol. The molecule has 2 N–H and O–H groups in total. The molecule has 0 aromatic heterocycles. The Kier molecular flexibility index (Phi) is 4.42. The molecule has 2 rings (SSSR count). The summed E-state index contributed by atoms with van der Waals surface area (Å²) in [6.07, 6.45) is 4.32. The number of fused-ring (bicyclic) bond motifs is 1. The van der Waals surface area contributed by atoms with Crippen LogP contribution in [0.2, 0.25) is 13.1 Å². The van der Waals surface area contributed by atoms with E-state index in [1.54, 1.807) is 0 Å². The maximum absolute atomic E-state index is 7.91. The van der Waals surface area contributed by atoms with Gasteiger partial charge in [-0.1, -0.05) is 13.3 Å². The Labute approximate surface area is 111 Å². The average molecular weight is 271 g/mol. The number of nitrogens with one attached hydrogen (secondary N) is 2. The maximum atomic E-state index is 7.91. The molecule has 0 aliphatic carbocycles. The third kappa shape index (κ3) is 2.93. The highest BCUT2D eigenvalue weighted by atomic mass is 28.4. The van der Waals surface area contributed by atoms with Crippen molar-refractivity contribution in [2.45, 2.75) is 57.8 Å². The van der Waals surface area contributed by atoms with Crippen molar-refractivity contribution in [1.29, 1.82) is 5.41 Å². The molecule has 0 amide bonds. The molecule has 0 aromatic carbocycles. The summed E-state index contributed by atoms with van der Waals surface area (Å²) in [4.78, 5) is 5.50. The smallest absolute Gasteiger partial charge is 0.327 e. The molecular weight excluding hydrogens is 246 g/mol. The molecule has 0 spiro atoms. The van der Waals surface area contributed by atoms with Crippen LogP contribution in [0.5, 0.6) is 0 Å². The van der Waals surface area contributed by atoms with Crippen LogP contribution in [0.3, 0.4) is 0 Å². The van der Waals surface area contributed by atoms with Crippen molar-refractivity contribution in [3.05, 3.63) is 0 Å². The van der Waals surface area contributed by atoms with E-state index in [0.29, 0.717) is 11.9 Å². The Hall–Kier alpha value is -0.433. The molecule has 2 heterocycles. The first-order valence-electron chi connectivity index (χ1n) is 6.96. The molecule has 6 heteroatoms. The van der Waals surface area contributed by atoms with E-state index in [0.717, 1.165) is 38.8 Å². The van der Waals surface area contributed by atoms with Crippen molar-refractivity contribution in [1.82, 2.24) is 10.0 Å². The largest absolute Gasteiger partial charge is 0.519 e. The van der Waals surface area contributed by atoms with Gasteiger partial charge in [-0.05, 0) is 32.4 Å². The zero-order chi connectivity index (χ0) is 13.2. The molecular formula is C12H25N3O2Si. The second-order valence-electron chi connectivity index (χ2n) is 5.68. The van der Waals surface area contributed by atoms with Gasteiger partial charge in [0.05, 0.1) is 12.6 Å². The fourth-order valence-corrected chi connectivity index (χ4v) is 5.17. The van der Waals surface area contributed by atoms with Crippen LogP contribution in [-0.2, 0) is 9.26 Å². The summed E-state index contributed by atoms with van der Waals surface area (Å²) >= 11 is 0. The van der Waals surface area contributed by atoms with Gasteiger partial charge >= 0.3 is 8.48 Å². The van der Waals surface area contributed by atoms with E-state index >= 15 is 0 Å². The Morgan fingerprint density at radius 2 is 2.28 bits per heavy atom. The minimum absolute atomic E-state index is 0.223. The van der Waals surface area contributed by atoms with E-state index in [1.807, 2.05) is 0 Å². The molecule has 2 fully saturated rings. The van der Waals surface area contributed by atoms with Gasteiger partial charge in [0.25, 0.3) is 0 Å². The maximum Gasteiger partial charge on any atom is 0.327 e. The number of unbranched alkanes of at least 4 members (excludes halogenated alkanes) is 1. The Bertz CT molecular complexity index is 312. The van der Waals surface area contributed by atoms with Crippen LogP contribution in [0.25, 0.3) is 0 Å². The van der Waals surface area contributed by atoms with Crippen LogP contribution in [0.4, 0.5) is 0 Å². The molecule has 2 saturated heterocycles. The van der Waals surface area contributed by atoms with E-state index in [9.17, 15) is 0 Å². The van der Waals surface area contributed by atoms with Gasteiger partial charge in [-0.15, -0.1) is 0 Å². The number of rotatable bonds is 5. The van der Waals surface area contributed by atoms with Crippen LogP contribution < -0.4 is 5.48 Å². The highest BCUT2D eigenvalue weighted by Crippen LogP contribution is 2.31. The topological polar surface area (TPSA) is 57.6 Å². The van der Waals surface area contributed by atoms with Crippen molar-refractivity contribution in [2.24, 2.45) is 0 Å². The molecule has 2 aliphatic heterocycles. The average Bonchev–Trinajstić information content (AvgIpc) is 2.55. The van der Waals surface area contributed by atoms with Crippen molar-refractivity contribution in [3.63, 3.8) is 0 Å². The van der Waals surface area contributed by atoms with Crippen LogP contribution in [0.1, 0.15) is 32.6 Å². The predicted octanol–water partition coefficient (Wildman–Crippen LogP) is 1.85. The molecule has 0 radical (unpaired) electrons. The van der Waals surface area contributed by atoms with E-state index in [4.69, 9.17) is 14.7 Å². The van der Waals surface area contributed by atoms with E-state index in [1.165, 1.54) is 0 Å². The van der Waals surface area contributed by atoms with Gasteiger partial charge in [0.15, 0.2) is 5.90 Å². The second-order valence-corrected chi connectivity index (χ2v) is 9.35. The van der Waals surface area contributed by atoms with Crippen LogP contribution in [-0.4, -0.2) is 44.2 Å². The standard InChI is InChI=1S/C12H25N3O2Si/c1-4-5-8-16-14-10-6-7-11-12(13)17-18(2,3)15(11)9-10/h10-11,13-14H,4-9H2,1-3H3/t10-,11+/m1/s1. The highest BCUT2D eigenvalue weighted by Gasteiger charge is 2.50. The Morgan fingerprint density at radius 1 is 1.50 bits per heavy atom. The van der Waals surface area contributed by atoms with E-state index < -0.39 is 8.48 Å². The van der Waals surface area contributed by atoms with E-state index in [-0.39, 0.29) is 6.04 Å². The normalized spacial score (nSPS) is 31.2. The number of piperidine rings is 1. The Balaban J connectivity index is 1.83. The van der Waals surface area contributed by atoms with Gasteiger partial charge in [0.1, 0.15) is 0 Å². The monoisotopic (exact) mass is 271 g/mol. The van der Waals surface area contributed by atoms with Crippen molar-refractivity contribution in [3.8, 4) is 0 Å². The van der Waals surface area contributed by atoms with Gasteiger partial charge in [0, 0.05) is 12.6 Å². The first kappa shape index (κ1) is 14.0. The van der Waals surface area contributed by atoms with Crippen molar-refractivity contribution in [2.75, 3.05) is 13.2 Å². The number of nitrogens with zero attached hydrogens (tertiary/aromatic N) is 1. The summed E-state index contributed by atoms with van der Waals surface area (Å²) in [5.41, 5.74) is 3.18. The Morgan fingerprint density at radius 3 is 3.00 bits per heavy atom. The lowest BCUT2D eigenvalue weighted by Crippen LogP contribution is -2.57. The van der Waals surface area contributed by atoms with Gasteiger partial charge in [0.2, 0.25) is 0 Å². The lowest BCUT2D eigenvalue weighted by atomic mass is 10.0. The number of hydroxylamine groups is 1. The second kappa shape index (κ2) is 5.69. The van der Waals surface area contributed by atoms with Crippen LogP contribution in [0, 0.1) is 5.41 Å². The first-order chi connectivity index (χ1) is 8.54. The lowest BCUT2D eigenvalue weighted by Gasteiger charge is -2.37. The molecule has 104 valence electrons. The van der Waals surface area contributed by atoms with Gasteiger partial charge in [-0.3, -0.25) is 9.97 Å². The summed E-state index contributed by atoms with van der Waals surface area (Å²) in [7, 11) is -1.85. The summed E-state index contributed by atoms with van der Waals surface area (Å²) in [5.74, 6) is 0.483. The summed E-state index contributed by atoms with van der Waals surface area (Å²) < 4.78 is 8.17. The summed E-state index contributed by atoms with van der Waals surface area (Å²) in [6.45, 7) is 8.22. The summed E-state index contributed by atoms with van der Waals surface area (Å²) in [6, 6.07) is 0.597. The minimum atomic E-state index is -1.85. The zero-order valence-corrected chi connectivity index (χ0v) is 12.7. The van der Waals surface area contributed by atoms with Crippen molar-refractivity contribution < 1.29 is 9.26 Å². The molecule has 18 heavy (non-hydrogen) atoms. The molecule has 0 saturated carbocycles. The fraction of sp³-hybridized carbons (Fsp3) is 0.917. The quantitative estimate of drug-likeness (QED) is 0.455. The van der Waals surface area contributed by atoms with E-state index in [2.05, 4.69) is 30.1 Å². The molecule has 2 aliphatic rings. The third-order valence-corrected chi connectivity index (χ3v) is 6.38. The minimum Gasteiger partial charge on any atom is -0.519 e. The number of hydrogen-bond donors (Lipinski definition) is 2. The van der Waals surface area contributed by atoms with Gasteiger partial charge in [-0.2, -0.15) is 5.48 Å². The molecule has 5 nitrogen and oxygen atoms in total. The highest BCUT2D eigenvalue weighted by molar-refractivity contribution is 6.71. The fourth-order valence-electron chi connectivity index (χ4n) is 2.72. The first-order valence-corrected chi connectivity index (χ1v) is 9.81. The molecule has 2 atom stereocenters. The third-order valence-electron chi connectivity index (χ3n) is 3.79. The summed E-state index contributed by atoms with van der Waals surface area (Å²) in [5, 5.41) is 7.91. The molecule has 0 unspecified atom stereocenters. The number of hydrogen-bond acceptors (Lipinski definition) is 5. The van der Waals surface area contributed by atoms with Crippen LogP contribution >= 0.6 is 0 Å². The zero-order valence-electron chi connectivity index (χ0n) is 11.7. The lowest BCUT2D eigenvalue weighted by molar-refractivity contribution is -0.000253. The van der Waals surface area contributed by atoms with Crippen molar-refractivity contribution >= 4 is 14.4 Å². The van der Waals surface area contributed by atoms with Gasteiger partial charge in [-0.25, -0.2) is 0 Å². The SMILES string of the molecule is CCCCON[C@@H]1CC[C@H]2C(=N)O[Si](C)(C)N2C1. The molecule has 0 aromatic rings.